The number of thiazole rings is 1. The summed E-state index contributed by atoms with van der Waals surface area (Å²) in [6.07, 6.45) is 1.66. The molecule has 0 amide bonds. The smallest absolute Gasteiger partial charge is 0.307 e. The molecule has 1 N–H and O–H groups in total. The number of carboxylic acid groups (broad SMARTS) is 1. The summed E-state index contributed by atoms with van der Waals surface area (Å²) in [4.78, 5) is 15.3. The van der Waals surface area contributed by atoms with E-state index in [2.05, 4.69) is 4.98 Å². The molecule has 78 valence electrons. The molecule has 0 saturated carbocycles. The Morgan fingerprint density at radius 1 is 1.79 bits per heavy atom. The monoisotopic (exact) mass is 233 g/mol. The topological polar surface area (TPSA) is 67.3 Å². The average molecular weight is 233 g/mol. The summed E-state index contributed by atoms with van der Waals surface area (Å²) < 4.78 is 11.5. The lowest BCUT2D eigenvalue weighted by Crippen LogP contribution is -2.17. The molecule has 4 nitrogen and oxygen atoms in total. The molecule has 0 saturated heterocycles. The Morgan fingerprint density at radius 2 is 2.50 bits per heavy atom. The highest BCUT2D eigenvalue weighted by Crippen LogP contribution is 2.10. The largest absolute Gasteiger partial charge is 0.481 e. The Morgan fingerprint density at radius 3 is 3.00 bits per heavy atom. The van der Waals surface area contributed by atoms with Crippen molar-refractivity contribution in [2.24, 2.45) is 5.92 Å². The minimum atomic E-state index is -1.11. The molecule has 0 radical (unpaired) electrons. The maximum atomic E-state index is 11.5. The predicted octanol–water partition coefficient (Wildman–Crippen LogP) is 1.11. The van der Waals surface area contributed by atoms with Crippen LogP contribution in [0.1, 0.15) is 11.8 Å². The first-order valence-electron chi connectivity index (χ1n) is 4.04. The van der Waals surface area contributed by atoms with Crippen molar-refractivity contribution in [3.05, 3.63) is 16.6 Å². The summed E-state index contributed by atoms with van der Waals surface area (Å²) in [5.74, 6) is -0.846. The van der Waals surface area contributed by atoms with Gasteiger partial charge in [0.15, 0.2) is 0 Å². The standard InChI is InChI=1S/C8H11NO3S2/c1-6(8(10)11)3-14(12)4-7-2-9-5-13-7/h2,5-6H,3-4H2,1H3,(H,10,11). The second kappa shape index (κ2) is 5.21. The third kappa shape index (κ3) is 3.55. The Balaban J connectivity index is 2.40. The lowest BCUT2D eigenvalue weighted by Gasteiger charge is -2.04. The number of aliphatic carboxylic acids is 1. The molecular formula is C8H11NO3S2. The minimum Gasteiger partial charge on any atom is -0.481 e. The van der Waals surface area contributed by atoms with Crippen LogP contribution in [0.15, 0.2) is 11.7 Å². The zero-order valence-electron chi connectivity index (χ0n) is 7.67. The van der Waals surface area contributed by atoms with Crippen molar-refractivity contribution < 1.29 is 14.1 Å². The first-order valence-corrected chi connectivity index (χ1v) is 6.41. The highest BCUT2D eigenvalue weighted by Gasteiger charge is 2.15. The van der Waals surface area contributed by atoms with Crippen LogP contribution in [0.2, 0.25) is 0 Å². The summed E-state index contributed by atoms with van der Waals surface area (Å²) in [5.41, 5.74) is 1.67. The SMILES string of the molecule is CC(CS(=O)Cc1cncs1)C(=O)O. The fourth-order valence-electron chi connectivity index (χ4n) is 0.881. The molecule has 2 unspecified atom stereocenters. The number of carbonyl (C=O) groups is 1. The second-order valence-corrected chi connectivity index (χ2v) is 5.43. The van der Waals surface area contributed by atoms with Crippen molar-refractivity contribution >= 4 is 28.1 Å². The van der Waals surface area contributed by atoms with Crippen LogP contribution in [0.25, 0.3) is 0 Å². The van der Waals surface area contributed by atoms with Crippen molar-refractivity contribution in [1.29, 1.82) is 0 Å². The summed E-state index contributed by atoms with van der Waals surface area (Å²) >= 11 is 1.44. The van der Waals surface area contributed by atoms with Crippen LogP contribution in [-0.4, -0.2) is 26.0 Å². The van der Waals surface area contributed by atoms with Gasteiger partial charge in [-0.2, -0.15) is 0 Å². The van der Waals surface area contributed by atoms with Gasteiger partial charge in [0.05, 0.1) is 17.2 Å². The van der Waals surface area contributed by atoms with E-state index in [4.69, 9.17) is 5.11 Å². The molecule has 1 rings (SSSR count). The van der Waals surface area contributed by atoms with Crippen LogP contribution in [0.4, 0.5) is 0 Å². The molecular weight excluding hydrogens is 222 g/mol. The van der Waals surface area contributed by atoms with Gasteiger partial charge in [-0.3, -0.25) is 14.0 Å². The van der Waals surface area contributed by atoms with Crippen molar-refractivity contribution in [1.82, 2.24) is 4.98 Å². The second-order valence-electron chi connectivity index (χ2n) is 2.96. The molecule has 1 aromatic heterocycles. The van der Waals surface area contributed by atoms with E-state index in [-0.39, 0.29) is 5.75 Å². The molecule has 6 heteroatoms. The Kier molecular flexibility index (Phi) is 4.21. The van der Waals surface area contributed by atoms with Gasteiger partial charge in [0, 0.05) is 27.6 Å². The number of rotatable bonds is 5. The van der Waals surface area contributed by atoms with E-state index in [1.54, 1.807) is 18.6 Å². The van der Waals surface area contributed by atoms with Gasteiger partial charge in [-0.15, -0.1) is 11.3 Å². The zero-order chi connectivity index (χ0) is 10.6. The third-order valence-corrected chi connectivity index (χ3v) is 4.11. The van der Waals surface area contributed by atoms with Gasteiger partial charge >= 0.3 is 5.97 Å². The number of carboxylic acids is 1. The summed E-state index contributed by atoms with van der Waals surface area (Å²) in [6.45, 7) is 1.56. The van der Waals surface area contributed by atoms with E-state index in [0.29, 0.717) is 5.75 Å². The lowest BCUT2D eigenvalue weighted by atomic mass is 10.2. The summed E-state index contributed by atoms with van der Waals surface area (Å²) in [5, 5.41) is 8.61. The molecule has 1 heterocycles. The molecule has 2 atom stereocenters. The molecule has 0 aromatic carbocycles. The number of nitrogens with zero attached hydrogens (tertiary/aromatic N) is 1. The van der Waals surface area contributed by atoms with E-state index < -0.39 is 22.7 Å². The van der Waals surface area contributed by atoms with Gasteiger partial charge in [-0.1, -0.05) is 6.92 Å². The summed E-state index contributed by atoms with van der Waals surface area (Å²) in [7, 11) is -1.11. The molecule has 0 aliphatic rings. The van der Waals surface area contributed by atoms with Crippen LogP contribution in [0, 0.1) is 5.92 Å². The van der Waals surface area contributed by atoms with E-state index in [0.717, 1.165) is 4.88 Å². The van der Waals surface area contributed by atoms with E-state index in [1.807, 2.05) is 0 Å². The third-order valence-electron chi connectivity index (χ3n) is 1.64. The first-order chi connectivity index (χ1) is 6.59. The van der Waals surface area contributed by atoms with Crippen molar-refractivity contribution in [2.45, 2.75) is 12.7 Å². The quantitative estimate of drug-likeness (QED) is 0.827. The maximum Gasteiger partial charge on any atom is 0.307 e. The normalized spacial score (nSPS) is 14.9. The van der Waals surface area contributed by atoms with Gasteiger partial charge in [0.2, 0.25) is 0 Å². The number of hydrogen-bond acceptors (Lipinski definition) is 4. The molecule has 0 bridgehead atoms. The fourth-order valence-corrected chi connectivity index (χ4v) is 3.14. The highest BCUT2D eigenvalue weighted by molar-refractivity contribution is 7.84. The van der Waals surface area contributed by atoms with Gasteiger partial charge in [0.25, 0.3) is 0 Å². The van der Waals surface area contributed by atoms with Crippen molar-refractivity contribution in [2.75, 3.05) is 5.75 Å². The van der Waals surface area contributed by atoms with Gasteiger partial charge < -0.3 is 5.11 Å². The van der Waals surface area contributed by atoms with Crippen LogP contribution in [0.3, 0.4) is 0 Å². The maximum absolute atomic E-state index is 11.5. The Bertz CT molecular complexity index is 323. The van der Waals surface area contributed by atoms with Crippen LogP contribution >= 0.6 is 11.3 Å². The minimum absolute atomic E-state index is 0.202. The lowest BCUT2D eigenvalue weighted by molar-refractivity contribution is -0.140. The number of hydrogen-bond donors (Lipinski definition) is 1. The van der Waals surface area contributed by atoms with Gasteiger partial charge in [-0.05, 0) is 0 Å². The molecule has 14 heavy (non-hydrogen) atoms. The van der Waals surface area contributed by atoms with Crippen LogP contribution in [-0.2, 0) is 21.3 Å². The van der Waals surface area contributed by atoms with Crippen molar-refractivity contribution in [3.8, 4) is 0 Å². The molecule has 0 fully saturated rings. The Hall–Kier alpha value is -0.750. The van der Waals surface area contributed by atoms with Gasteiger partial charge in [-0.25, -0.2) is 0 Å². The fraction of sp³-hybridized carbons (Fsp3) is 0.500. The zero-order valence-corrected chi connectivity index (χ0v) is 9.31. The van der Waals surface area contributed by atoms with E-state index in [9.17, 15) is 9.00 Å². The van der Waals surface area contributed by atoms with Crippen LogP contribution < -0.4 is 0 Å². The number of aromatic nitrogens is 1. The molecule has 0 aliphatic heterocycles. The van der Waals surface area contributed by atoms with Gasteiger partial charge in [0.1, 0.15) is 0 Å². The average Bonchev–Trinajstić information content (AvgIpc) is 2.56. The Labute approximate surface area is 88.4 Å². The van der Waals surface area contributed by atoms with Crippen LogP contribution in [0.5, 0.6) is 0 Å². The molecule has 0 spiro atoms. The predicted molar refractivity (Wildman–Crippen MR) is 55.6 cm³/mol. The first kappa shape index (κ1) is 11.3. The van der Waals surface area contributed by atoms with E-state index in [1.165, 1.54) is 11.3 Å². The highest BCUT2D eigenvalue weighted by atomic mass is 32.2. The summed E-state index contributed by atoms with van der Waals surface area (Å²) in [6, 6.07) is 0. The van der Waals surface area contributed by atoms with E-state index >= 15 is 0 Å². The molecule has 1 aromatic rings. The van der Waals surface area contributed by atoms with Crippen molar-refractivity contribution in [3.63, 3.8) is 0 Å². The molecule has 0 aliphatic carbocycles.